The first-order chi connectivity index (χ1) is 11.0. The molecule has 0 unspecified atom stereocenters. The SMILES string of the molecule is Cc1ccc2c(Cl)c(C(=O)N/N=C\c3cccc(Br)c3)sc2c1. The third-order valence-electron chi connectivity index (χ3n) is 3.22. The number of aryl methyl sites for hydroxylation is 1. The molecule has 0 saturated heterocycles. The number of nitrogens with zero attached hydrogens (tertiary/aromatic N) is 1. The zero-order chi connectivity index (χ0) is 16.4. The van der Waals surface area contributed by atoms with E-state index in [9.17, 15) is 4.79 Å². The highest BCUT2D eigenvalue weighted by Crippen LogP contribution is 2.35. The molecular formula is C17H12BrClN2OS. The highest BCUT2D eigenvalue weighted by Gasteiger charge is 2.16. The van der Waals surface area contributed by atoms with Crippen LogP contribution in [0.15, 0.2) is 52.0 Å². The number of hydrogen-bond donors (Lipinski definition) is 1. The molecule has 0 atom stereocenters. The first-order valence-corrected chi connectivity index (χ1v) is 8.81. The van der Waals surface area contributed by atoms with Gasteiger partial charge in [-0.1, -0.05) is 51.8 Å². The number of amides is 1. The minimum absolute atomic E-state index is 0.305. The highest BCUT2D eigenvalue weighted by molar-refractivity contribution is 9.10. The van der Waals surface area contributed by atoms with E-state index in [2.05, 4.69) is 26.5 Å². The summed E-state index contributed by atoms with van der Waals surface area (Å²) in [5, 5.41) is 5.35. The molecule has 0 fully saturated rings. The molecule has 116 valence electrons. The fourth-order valence-corrected chi connectivity index (χ4v) is 4.04. The van der Waals surface area contributed by atoms with Crippen molar-refractivity contribution in [2.75, 3.05) is 0 Å². The average molecular weight is 408 g/mol. The van der Waals surface area contributed by atoms with Crippen LogP contribution in [0.3, 0.4) is 0 Å². The van der Waals surface area contributed by atoms with E-state index in [1.54, 1.807) is 6.21 Å². The van der Waals surface area contributed by atoms with Crippen LogP contribution in [0.4, 0.5) is 0 Å². The molecule has 1 heterocycles. The van der Waals surface area contributed by atoms with Crippen LogP contribution in [0, 0.1) is 6.92 Å². The summed E-state index contributed by atoms with van der Waals surface area (Å²) in [6.45, 7) is 2.01. The van der Waals surface area contributed by atoms with E-state index in [-0.39, 0.29) is 5.91 Å². The van der Waals surface area contributed by atoms with E-state index >= 15 is 0 Å². The number of benzene rings is 2. The Hall–Kier alpha value is -1.69. The second-order valence-electron chi connectivity index (χ2n) is 5.00. The lowest BCUT2D eigenvalue weighted by Crippen LogP contribution is -2.16. The normalized spacial score (nSPS) is 11.3. The van der Waals surface area contributed by atoms with Gasteiger partial charge in [-0.2, -0.15) is 5.10 Å². The summed E-state index contributed by atoms with van der Waals surface area (Å²) in [5.74, 6) is -0.305. The first-order valence-electron chi connectivity index (χ1n) is 6.82. The topological polar surface area (TPSA) is 41.5 Å². The second kappa shape index (κ2) is 6.83. The van der Waals surface area contributed by atoms with Crippen LogP contribution in [0.1, 0.15) is 20.8 Å². The van der Waals surface area contributed by atoms with E-state index < -0.39 is 0 Å². The van der Waals surface area contributed by atoms with Crippen LogP contribution in [-0.4, -0.2) is 12.1 Å². The van der Waals surface area contributed by atoms with E-state index in [0.717, 1.165) is 25.7 Å². The van der Waals surface area contributed by atoms with Crippen LogP contribution in [-0.2, 0) is 0 Å². The molecule has 3 nitrogen and oxygen atoms in total. The van der Waals surface area contributed by atoms with Crippen LogP contribution < -0.4 is 5.43 Å². The molecule has 0 saturated carbocycles. The fourth-order valence-electron chi connectivity index (χ4n) is 2.12. The molecule has 6 heteroatoms. The molecule has 0 bridgehead atoms. The van der Waals surface area contributed by atoms with Gasteiger partial charge < -0.3 is 0 Å². The van der Waals surface area contributed by atoms with Gasteiger partial charge in [0.2, 0.25) is 0 Å². The second-order valence-corrected chi connectivity index (χ2v) is 7.34. The average Bonchev–Trinajstić information content (AvgIpc) is 2.83. The van der Waals surface area contributed by atoms with Crippen molar-refractivity contribution in [3.63, 3.8) is 0 Å². The van der Waals surface area contributed by atoms with Crippen molar-refractivity contribution in [2.45, 2.75) is 6.92 Å². The third-order valence-corrected chi connectivity index (χ3v) is 5.37. The Morgan fingerprint density at radius 2 is 2.13 bits per heavy atom. The predicted molar refractivity (Wildman–Crippen MR) is 101 cm³/mol. The standard InChI is InChI=1S/C17H12BrClN2OS/c1-10-5-6-13-14(7-10)23-16(15(13)19)17(22)21-20-9-11-3-2-4-12(18)8-11/h2-9H,1H3,(H,21,22)/b20-9-. The van der Waals surface area contributed by atoms with Gasteiger partial charge in [0.25, 0.3) is 5.91 Å². The van der Waals surface area contributed by atoms with Crippen LogP contribution in [0.25, 0.3) is 10.1 Å². The van der Waals surface area contributed by atoms with E-state index in [4.69, 9.17) is 11.6 Å². The maximum Gasteiger partial charge on any atom is 0.283 e. The lowest BCUT2D eigenvalue weighted by Gasteiger charge is -1.98. The molecule has 2 aromatic carbocycles. The smallest absolute Gasteiger partial charge is 0.266 e. The number of nitrogens with one attached hydrogen (secondary N) is 1. The van der Waals surface area contributed by atoms with Crippen molar-refractivity contribution < 1.29 is 4.79 Å². The van der Waals surface area contributed by atoms with Gasteiger partial charge in [-0.25, -0.2) is 5.43 Å². The number of fused-ring (bicyclic) bond motifs is 1. The Bertz CT molecular complexity index is 920. The summed E-state index contributed by atoms with van der Waals surface area (Å²) in [7, 11) is 0. The molecule has 3 aromatic rings. The number of hydrazone groups is 1. The number of halogens is 2. The first kappa shape index (κ1) is 16.2. The molecule has 1 aromatic heterocycles. The van der Waals surface area contributed by atoms with E-state index in [1.165, 1.54) is 11.3 Å². The van der Waals surface area contributed by atoms with Crippen LogP contribution >= 0.6 is 38.9 Å². The van der Waals surface area contributed by atoms with Crippen LogP contribution in [0.2, 0.25) is 5.02 Å². The summed E-state index contributed by atoms with van der Waals surface area (Å²) in [6, 6.07) is 13.6. The number of hydrogen-bond acceptors (Lipinski definition) is 3. The summed E-state index contributed by atoms with van der Waals surface area (Å²) in [4.78, 5) is 12.7. The van der Waals surface area contributed by atoms with Gasteiger partial charge in [0.15, 0.2) is 0 Å². The van der Waals surface area contributed by atoms with Crippen molar-refractivity contribution in [1.82, 2.24) is 5.43 Å². The minimum Gasteiger partial charge on any atom is -0.266 e. The van der Waals surface area contributed by atoms with Gasteiger partial charge in [0, 0.05) is 14.6 Å². The van der Waals surface area contributed by atoms with Gasteiger partial charge in [0.05, 0.1) is 11.2 Å². The Morgan fingerprint density at radius 3 is 2.91 bits per heavy atom. The molecule has 0 spiro atoms. The van der Waals surface area contributed by atoms with Crippen molar-refractivity contribution in [1.29, 1.82) is 0 Å². The summed E-state index contributed by atoms with van der Waals surface area (Å²) < 4.78 is 1.95. The zero-order valence-electron chi connectivity index (χ0n) is 12.1. The third kappa shape index (κ3) is 3.63. The maximum absolute atomic E-state index is 12.3. The fraction of sp³-hybridized carbons (Fsp3) is 0.0588. The Kier molecular flexibility index (Phi) is 4.80. The Labute approximate surface area is 151 Å². The van der Waals surface area contributed by atoms with Crippen molar-refractivity contribution >= 4 is 61.1 Å². The monoisotopic (exact) mass is 406 g/mol. The lowest BCUT2D eigenvalue weighted by atomic mass is 10.2. The van der Waals surface area contributed by atoms with Gasteiger partial charge >= 0.3 is 0 Å². The Morgan fingerprint density at radius 1 is 1.30 bits per heavy atom. The molecule has 1 amide bonds. The van der Waals surface area contributed by atoms with Crippen LogP contribution in [0.5, 0.6) is 0 Å². The van der Waals surface area contributed by atoms with Gasteiger partial charge in [-0.3, -0.25) is 4.79 Å². The largest absolute Gasteiger partial charge is 0.283 e. The molecule has 23 heavy (non-hydrogen) atoms. The molecule has 0 aliphatic carbocycles. The zero-order valence-corrected chi connectivity index (χ0v) is 15.3. The minimum atomic E-state index is -0.305. The molecule has 3 rings (SSSR count). The molecule has 1 N–H and O–H groups in total. The summed E-state index contributed by atoms with van der Waals surface area (Å²) in [5.41, 5.74) is 4.55. The highest BCUT2D eigenvalue weighted by atomic mass is 79.9. The van der Waals surface area contributed by atoms with E-state index in [1.807, 2.05) is 49.4 Å². The molecular weight excluding hydrogens is 396 g/mol. The van der Waals surface area contributed by atoms with Gasteiger partial charge in [-0.05, 0) is 36.2 Å². The Balaban J connectivity index is 1.79. The lowest BCUT2D eigenvalue weighted by molar-refractivity contribution is 0.0959. The number of thiophene rings is 1. The molecule has 0 aliphatic rings. The summed E-state index contributed by atoms with van der Waals surface area (Å²) in [6.07, 6.45) is 1.59. The summed E-state index contributed by atoms with van der Waals surface area (Å²) >= 11 is 11.1. The number of carbonyl (C=O) groups is 1. The van der Waals surface area contributed by atoms with Crippen molar-refractivity contribution in [3.05, 3.63) is 68.0 Å². The predicted octanol–water partition coefficient (Wildman–Crippen LogP) is 5.39. The quantitative estimate of drug-likeness (QED) is 0.459. The van der Waals surface area contributed by atoms with Crippen molar-refractivity contribution in [2.24, 2.45) is 5.10 Å². The number of carbonyl (C=O) groups excluding carboxylic acids is 1. The number of rotatable bonds is 3. The molecule has 0 radical (unpaired) electrons. The molecule has 0 aliphatic heterocycles. The van der Waals surface area contributed by atoms with E-state index in [0.29, 0.717) is 9.90 Å². The van der Waals surface area contributed by atoms with Gasteiger partial charge in [0.1, 0.15) is 4.88 Å². The van der Waals surface area contributed by atoms with Gasteiger partial charge in [-0.15, -0.1) is 11.3 Å². The van der Waals surface area contributed by atoms with Crippen molar-refractivity contribution in [3.8, 4) is 0 Å². The maximum atomic E-state index is 12.3.